The third-order valence-corrected chi connectivity index (χ3v) is 1.72. The minimum absolute atomic E-state index is 0.657. The maximum atomic E-state index is 5.53. The summed E-state index contributed by atoms with van der Waals surface area (Å²) in [6.07, 6.45) is 1.08. The van der Waals surface area contributed by atoms with Crippen molar-refractivity contribution >= 4 is 0 Å². The van der Waals surface area contributed by atoms with E-state index < -0.39 is 0 Å². The molecule has 0 radical (unpaired) electrons. The van der Waals surface area contributed by atoms with Gasteiger partial charge in [-0.15, -0.1) is 0 Å². The zero-order valence-electron chi connectivity index (χ0n) is 10.3. The SMILES string of the molecule is CC.CC.CCc1ccccc1CN. The number of hydrogen-bond acceptors (Lipinski definition) is 1. The molecule has 2 N–H and O–H groups in total. The van der Waals surface area contributed by atoms with Gasteiger partial charge in [0.2, 0.25) is 0 Å². The first-order chi connectivity index (χ1) is 6.88. The fraction of sp³-hybridized carbons (Fsp3) is 0.538. The molecule has 0 aromatic heterocycles. The van der Waals surface area contributed by atoms with Crippen LogP contribution < -0.4 is 5.73 Å². The maximum Gasteiger partial charge on any atom is 0.0180 e. The molecular weight excluding hydrogens is 170 g/mol. The average molecular weight is 195 g/mol. The zero-order valence-corrected chi connectivity index (χ0v) is 10.3. The molecule has 1 nitrogen and oxygen atoms in total. The van der Waals surface area contributed by atoms with Crippen LogP contribution in [0, 0.1) is 0 Å². The van der Waals surface area contributed by atoms with E-state index in [9.17, 15) is 0 Å². The van der Waals surface area contributed by atoms with Gasteiger partial charge >= 0.3 is 0 Å². The summed E-state index contributed by atoms with van der Waals surface area (Å²) < 4.78 is 0. The smallest absolute Gasteiger partial charge is 0.0180 e. The predicted octanol–water partition coefficient (Wildman–Crippen LogP) is 3.76. The van der Waals surface area contributed by atoms with Gasteiger partial charge in [0, 0.05) is 6.54 Å². The van der Waals surface area contributed by atoms with E-state index >= 15 is 0 Å². The molecule has 1 rings (SSSR count). The lowest BCUT2D eigenvalue weighted by molar-refractivity contribution is 1.00. The highest BCUT2D eigenvalue weighted by Crippen LogP contribution is 2.07. The summed E-state index contributed by atoms with van der Waals surface area (Å²) >= 11 is 0. The minimum Gasteiger partial charge on any atom is -0.326 e. The number of benzene rings is 1. The Hall–Kier alpha value is -0.820. The van der Waals surface area contributed by atoms with Crippen LogP contribution in [0.1, 0.15) is 45.7 Å². The third-order valence-electron chi connectivity index (χ3n) is 1.72. The lowest BCUT2D eigenvalue weighted by Gasteiger charge is -2.02. The molecule has 14 heavy (non-hydrogen) atoms. The second kappa shape index (κ2) is 12.2. The standard InChI is InChI=1S/C9H13N.2C2H6/c1-2-8-5-3-4-6-9(8)7-10;2*1-2/h3-6H,2,7,10H2,1H3;2*1-2H3. The van der Waals surface area contributed by atoms with Gasteiger partial charge in [-0.25, -0.2) is 0 Å². The molecule has 82 valence electrons. The van der Waals surface area contributed by atoms with Gasteiger partial charge in [0.05, 0.1) is 0 Å². The molecule has 1 aromatic rings. The van der Waals surface area contributed by atoms with E-state index in [2.05, 4.69) is 25.1 Å². The van der Waals surface area contributed by atoms with Gasteiger partial charge in [-0.3, -0.25) is 0 Å². The van der Waals surface area contributed by atoms with Crippen molar-refractivity contribution in [3.63, 3.8) is 0 Å². The van der Waals surface area contributed by atoms with E-state index in [1.165, 1.54) is 11.1 Å². The van der Waals surface area contributed by atoms with Crippen molar-refractivity contribution in [2.45, 2.75) is 47.6 Å². The Kier molecular flexibility index (Phi) is 13.6. The predicted molar refractivity (Wildman–Crippen MR) is 66.4 cm³/mol. The number of aryl methyl sites for hydroxylation is 1. The Morgan fingerprint density at radius 2 is 1.36 bits per heavy atom. The van der Waals surface area contributed by atoms with Crippen molar-refractivity contribution in [3.05, 3.63) is 35.4 Å². The first kappa shape index (κ1) is 15.6. The fourth-order valence-corrected chi connectivity index (χ4v) is 1.10. The molecule has 1 aromatic carbocycles. The van der Waals surface area contributed by atoms with E-state index in [0.29, 0.717) is 6.54 Å². The molecule has 0 amide bonds. The summed E-state index contributed by atoms with van der Waals surface area (Å²) in [6, 6.07) is 8.29. The lowest BCUT2D eigenvalue weighted by atomic mass is 10.1. The summed E-state index contributed by atoms with van der Waals surface area (Å²) in [6.45, 7) is 10.8. The largest absolute Gasteiger partial charge is 0.326 e. The highest BCUT2D eigenvalue weighted by atomic mass is 14.5. The van der Waals surface area contributed by atoms with Gasteiger partial charge in [-0.2, -0.15) is 0 Å². The summed E-state index contributed by atoms with van der Waals surface area (Å²) in [5.74, 6) is 0. The molecule has 0 atom stereocenters. The Morgan fingerprint density at radius 3 is 1.64 bits per heavy atom. The summed E-state index contributed by atoms with van der Waals surface area (Å²) in [5.41, 5.74) is 8.16. The molecule has 0 aliphatic heterocycles. The molecule has 0 unspecified atom stereocenters. The van der Waals surface area contributed by atoms with Crippen LogP contribution in [-0.2, 0) is 13.0 Å². The summed E-state index contributed by atoms with van der Waals surface area (Å²) in [7, 11) is 0. The van der Waals surface area contributed by atoms with E-state index in [0.717, 1.165) is 6.42 Å². The molecule has 0 fully saturated rings. The van der Waals surface area contributed by atoms with Gasteiger partial charge in [-0.1, -0.05) is 58.9 Å². The Labute approximate surface area is 89.3 Å². The highest BCUT2D eigenvalue weighted by Gasteiger charge is 1.94. The van der Waals surface area contributed by atoms with Crippen molar-refractivity contribution < 1.29 is 0 Å². The van der Waals surface area contributed by atoms with Crippen LogP contribution >= 0.6 is 0 Å². The van der Waals surface area contributed by atoms with Gasteiger partial charge in [0.1, 0.15) is 0 Å². The second-order valence-electron chi connectivity index (χ2n) is 2.33. The molecule has 0 saturated carbocycles. The normalized spacial score (nSPS) is 7.86. The van der Waals surface area contributed by atoms with Crippen molar-refractivity contribution in [2.24, 2.45) is 5.73 Å². The third kappa shape index (κ3) is 5.76. The van der Waals surface area contributed by atoms with E-state index in [1.54, 1.807) is 0 Å². The second-order valence-corrected chi connectivity index (χ2v) is 2.33. The Morgan fingerprint density at radius 1 is 0.929 bits per heavy atom. The van der Waals surface area contributed by atoms with E-state index in [-0.39, 0.29) is 0 Å². The van der Waals surface area contributed by atoms with Crippen LogP contribution in [-0.4, -0.2) is 0 Å². The molecule has 0 saturated heterocycles. The molecule has 1 heteroatoms. The van der Waals surface area contributed by atoms with Gasteiger partial charge in [0.15, 0.2) is 0 Å². The first-order valence-corrected chi connectivity index (χ1v) is 5.65. The van der Waals surface area contributed by atoms with Gasteiger partial charge < -0.3 is 5.73 Å². The average Bonchev–Trinajstić information content (AvgIpc) is 2.34. The fourth-order valence-electron chi connectivity index (χ4n) is 1.10. The lowest BCUT2D eigenvalue weighted by Crippen LogP contribution is -1.99. The molecule has 0 spiro atoms. The van der Waals surface area contributed by atoms with E-state index in [1.807, 2.05) is 33.8 Å². The Balaban J connectivity index is 0. The van der Waals surface area contributed by atoms with Gasteiger partial charge in [0.25, 0.3) is 0 Å². The van der Waals surface area contributed by atoms with Crippen LogP contribution in [0.5, 0.6) is 0 Å². The monoisotopic (exact) mass is 195 g/mol. The molecule has 0 aliphatic carbocycles. The van der Waals surface area contributed by atoms with Crippen LogP contribution in [0.15, 0.2) is 24.3 Å². The first-order valence-electron chi connectivity index (χ1n) is 5.65. The van der Waals surface area contributed by atoms with Crippen molar-refractivity contribution in [1.82, 2.24) is 0 Å². The van der Waals surface area contributed by atoms with E-state index in [4.69, 9.17) is 5.73 Å². The van der Waals surface area contributed by atoms with Crippen LogP contribution in [0.3, 0.4) is 0 Å². The molecule has 0 aliphatic rings. The summed E-state index contributed by atoms with van der Waals surface area (Å²) in [4.78, 5) is 0. The number of rotatable bonds is 2. The quantitative estimate of drug-likeness (QED) is 0.764. The van der Waals surface area contributed by atoms with Crippen molar-refractivity contribution in [3.8, 4) is 0 Å². The number of hydrogen-bond donors (Lipinski definition) is 1. The Bertz CT molecular complexity index is 183. The maximum absolute atomic E-state index is 5.53. The van der Waals surface area contributed by atoms with Crippen LogP contribution in [0.4, 0.5) is 0 Å². The highest BCUT2D eigenvalue weighted by molar-refractivity contribution is 5.26. The van der Waals surface area contributed by atoms with Crippen molar-refractivity contribution in [2.75, 3.05) is 0 Å². The van der Waals surface area contributed by atoms with Crippen molar-refractivity contribution in [1.29, 1.82) is 0 Å². The van der Waals surface area contributed by atoms with Crippen LogP contribution in [0.2, 0.25) is 0 Å². The molecule has 0 bridgehead atoms. The topological polar surface area (TPSA) is 26.0 Å². The zero-order chi connectivity index (χ0) is 11.4. The molecular formula is C13H25N. The minimum atomic E-state index is 0.657. The number of nitrogens with two attached hydrogens (primary N) is 1. The van der Waals surface area contributed by atoms with Gasteiger partial charge in [-0.05, 0) is 17.5 Å². The molecule has 0 heterocycles. The summed E-state index contributed by atoms with van der Waals surface area (Å²) in [5, 5.41) is 0. The van der Waals surface area contributed by atoms with Crippen LogP contribution in [0.25, 0.3) is 0 Å².